The zero-order chi connectivity index (χ0) is 21.5. The number of carbonyl (C=O) groups is 1. The van der Waals surface area contributed by atoms with Crippen LogP contribution < -0.4 is 0 Å². The summed E-state index contributed by atoms with van der Waals surface area (Å²) in [6.07, 6.45) is 5.81. The highest BCUT2D eigenvalue weighted by molar-refractivity contribution is 6.32. The SMILES string of the molecule is O=C(c1cccc(-n2ccnc2)c1)N1CCc2[nH]nc(-c3cc(Cl)c(O)cc3O)c2C1. The monoisotopic (exact) mass is 435 g/mol. The van der Waals surface area contributed by atoms with Crippen LogP contribution in [0.2, 0.25) is 5.02 Å². The molecule has 0 radical (unpaired) electrons. The summed E-state index contributed by atoms with van der Waals surface area (Å²) in [4.78, 5) is 19.0. The number of nitrogens with zero attached hydrogens (tertiary/aromatic N) is 4. The zero-order valence-corrected chi connectivity index (χ0v) is 17.0. The number of hydrogen-bond donors (Lipinski definition) is 3. The van der Waals surface area contributed by atoms with E-state index in [0.29, 0.717) is 36.3 Å². The van der Waals surface area contributed by atoms with E-state index >= 15 is 0 Å². The minimum absolute atomic E-state index is 0.0901. The highest BCUT2D eigenvalue weighted by Crippen LogP contribution is 2.39. The summed E-state index contributed by atoms with van der Waals surface area (Å²) in [5.74, 6) is -0.428. The molecule has 1 aliphatic heterocycles. The molecule has 8 nitrogen and oxygen atoms in total. The smallest absolute Gasteiger partial charge is 0.254 e. The van der Waals surface area contributed by atoms with Crippen molar-refractivity contribution in [2.75, 3.05) is 6.54 Å². The summed E-state index contributed by atoms with van der Waals surface area (Å²) in [5, 5.41) is 27.5. The van der Waals surface area contributed by atoms with Gasteiger partial charge in [-0.2, -0.15) is 5.10 Å². The van der Waals surface area contributed by atoms with E-state index in [4.69, 9.17) is 11.6 Å². The minimum Gasteiger partial charge on any atom is -0.507 e. The molecule has 0 saturated carbocycles. The van der Waals surface area contributed by atoms with Gasteiger partial charge in [0, 0.05) is 66.0 Å². The zero-order valence-electron chi connectivity index (χ0n) is 16.3. The summed E-state index contributed by atoms with van der Waals surface area (Å²) in [7, 11) is 0. The van der Waals surface area contributed by atoms with Crippen LogP contribution in [-0.4, -0.2) is 47.3 Å². The van der Waals surface area contributed by atoms with Gasteiger partial charge < -0.3 is 19.7 Å². The Morgan fingerprint density at radius 2 is 2.03 bits per heavy atom. The second-order valence-electron chi connectivity index (χ2n) is 7.35. The number of phenols is 2. The summed E-state index contributed by atoms with van der Waals surface area (Å²) in [6.45, 7) is 0.887. The third-order valence-corrected chi connectivity index (χ3v) is 5.74. The van der Waals surface area contributed by atoms with Crippen molar-refractivity contribution in [3.05, 3.63) is 77.0 Å². The number of imidazole rings is 1. The molecule has 5 rings (SSSR count). The van der Waals surface area contributed by atoms with Crippen LogP contribution in [0.3, 0.4) is 0 Å². The van der Waals surface area contributed by atoms with Gasteiger partial charge in [0.1, 0.15) is 17.2 Å². The lowest BCUT2D eigenvalue weighted by molar-refractivity contribution is 0.0734. The molecular formula is C22H18ClN5O3. The molecule has 0 bridgehead atoms. The molecule has 1 aliphatic rings. The van der Waals surface area contributed by atoms with Gasteiger partial charge in [0.25, 0.3) is 5.91 Å². The fourth-order valence-electron chi connectivity index (χ4n) is 3.83. The summed E-state index contributed by atoms with van der Waals surface area (Å²) in [5.41, 5.74) is 4.08. The van der Waals surface area contributed by atoms with Gasteiger partial charge in [-0.1, -0.05) is 17.7 Å². The van der Waals surface area contributed by atoms with E-state index in [1.807, 2.05) is 29.0 Å². The molecule has 2 aromatic carbocycles. The molecule has 0 aliphatic carbocycles. The van der Waals surface area contributed by atoms with E-state index in [-0.39, 0.29) is 22.4 Å². The third-order valence-electron chi connectivity index (χ3n) is 5.44. The van der Waals surface area contributed by atoms with Crippen LogP contribution in [-0.2, 0) is 13.0 Å². The molecule has 4 aromatic rings. The van der Waals surface area contributed by atoms with Crippen LogP contribution in [0.25, 0.3) is 16.9 Å². The van der Waals surface area contributed by atoms with E-state index in [2.05, 4.69) is 15.2 Å². The Morgan fingerprint density at radius 1 is 1.16 bits per heavy atom. The number of H-pyrrole nitrogens is 1. The van der Waals surface area contributed by atoms with Gasteiger partial charge >= 0.3 is 0 Å². The first-order chi connectivity index (χ1) is 15.0. The van der Waals surface area contributed by atoms with E-state index in [1.165, 1.54) is 12.1 Å². The van der Waals surface area contributed by atoms with Crippen molar-refractivity contribution < 1.29 is 15.0 Å². The second kappa shape index (κ2) is 7.48. The van der Waals surface area contributed by atoms with Crippen LogP contribution >= 0.6 is 11.6 Å². The number of fused-ring (bicyclic) bond motifs is 1. The molecule has 2 aromatic heterocycles. The third kappa shape index (κ3) is 3.40. The Balaban J connectivity index is 1.45. The number of benzene rings is 2. The Kier molecular flexibility index (Phi) is 4.63. The Hall–Kier alpha value is -3.78. The standard InChI is InChI=1S/C22H18ClN5O3/c23-17-9-15(19(29)10-20(17)30)21-16-11-27(6-4-18(16)25-26-21)22(31)13-2-1-3-14(8-13)28-7-5-24-12-28/h1-3,5,7-10,12,29-30H,4,6,11H2,(H,25,26). The van der Waals surface area contributed by atoms with Gasteiger partial charge in [-0.15, -0.1) is 0 Å². The quantitative estimate of drug-likeness (QED) is 0.456. The van der Waals surface area contributed by atoms with Crippen molar-refractivity contribution >= 4 is 17.5 Å². The minimum atomic E-state index is -0.207. The molecule has 0 atom stereocenters. The predicted molar refractivity (Wildman–Crippen MR) is 114 cm³/mol. The van der Waals surface area contributed by atoms with E-state index in [0.717, 1.165) is 16.9 Å². The molecule has 0 fully saturated rings. The number of hydrogen-bond acceptors (Lipinski definition) is 5. The van der Waals surface area contributed by atoms with Crippen molar-refractivity contribution in [1.29, 1.82) is 0 Å². The molecule has 0 saturated heterocycles. The average molecular weight is 436 g/mol. The molecule has 31 heavy (non-hydrogen) atoms. The number of carbonyl (C=O) groups excluding carboxylic acids is 1. The van der Waals surface area contributed by atoms with Gasteiger partial charge in [0.15, 0.2) is 0 Å². The van der Waals surface area contributed by atoms with Gasteiger partial charge in [0.05, 0.1) is 11.3 Å². The predicted octanol–water partition coefficient (Wildman–Crippen LogP) is 3.53. The number of amides is 1. The molecule has 3 N–H and O–H groups in total. The number of aromatic nitrogens is 4. The molecular weight excluding hydrogens is 418 g/mol. The van der Waals surface area contributed by atoms with Crippen LogP contribution in [0.4, 0.5) is 0 Å². The number of phenolic OH excluding ortho intramolecular Hbond substituents is 2. The maximum absolute atomic E-state index is 13.2. The van der Waals surface area contributed by atoms with Crippen LogP contribution in [0.15, 0.2) is 55.1 Å². The number of aromatic amines is 1. The lowest BCUT2D eigenvalue weighted by Gasteiger charge is -2.27. The Labute approximate surface area is 182 Å². The van der Waals surface area contributed by atoms with E-state index in [1.54, 1.807) is 23.5 Å². The molecule has 0 spiro atoms. The summed E-state index contributed by atoms with van der Waals surface area (Å²) >= 11 is 6.03. The molecule has 156 valence electrons. The van der Waals surface area contributed by atoms with Crippen LogP contribution in [0, 0.1) is 0 Å². The molecule has 0 unspecified atom stereocenters. The topological polar surface area (TPSA) is 107 Å². The van der Waals surface area contributed by atoms with Gasteiger partial charge in [0.2, 0.25) is 0 Å². The number of halogens is 1. The summed E-state index contributed by atoms with van der Waals surface area (Å²) < 4.78 is 1.84. The normalized spacial score (nSPS) is 13.3. The number of aromatic hydroxyl groups is 2. The highest BCUT2D eigenvalue weighted by Gasteiger charge is 2.27. The largest absolute Gasteiger partial charge is 0.507 e. The average Bonchev–Trinajstić information content (AvgIpc) is 3.46. The van der Waals surface area contributed by atoms with E-state index in [9.17, 15) is 15.0 Å². The number of rotatable bonds is 3. The number of nitrogens with one attached hydrogen (secondary N) is 1. The fraction of sp³-hybridized carbons (Fsp3) is 0.136. The molecule has 3 heterocycles. The van der Waals surface area contributed by atoms with Gasteiger partial charge in [-0.05, 0) is 24.3 Å². The first kappa shape index (κ1) is 19.2. The second-order valence-corrected chi connectivity index (χ2v) is 7.75. The van der Waals surface area contributed by atoms with Crippen molar-refractivity contribution in [2.45, 2.75) is 13.0 Å². The summed E-state index contributed by atoms with van der Waals surface area (Å²) in [6, 6.07) is 10.0. The molecule has 9 heteroatoms. The lowest BCUT2D eigenvalue weighted by Crippen LogP contribution is -2.36. The van der Waals surface area contributed by atoms with Gasteiger partial charge in [-0.25, -0.2) is 4.98 Å². The van der Waals surface area contributed by atoms with Crippen molar-refractivity contribution in [1.82, 2.24) is 24.6 Å². The fourth-order valence-corrected chi connectivity index (χ4v) is 3.99. The van der Waals surface area contributed by atoms with Crippen molar-refractivity contribution in [3.63, 3.8) is 0 Å². The molecule has 1 amide bonds. The maximum Gasteiger partial charge on any atom is 0.254 e. The maximum atomic E-state index is 13.2. The first-order valence-corrected chi connectivity index (χ1v) is 10.0. The van der Waals surface area contributed by atoms with Gasteiger partial charge in [-0.3, -0.25) is 9.89 Å². The highest BCUT2D eigenvalue weighted by atomic mass is 35.5. The van der Waals surface area contributed by atoms with Crippen LogP contribution in [0.5, 0.6) is 11.5 Å². The van der Waals surface area contributed by atoms with Crippen LogP contribution in [0.1, 0.15) is 21.6 Å². The van der Waals surface area contributed by atoms with Crippen molar-refractivity contribution in [2.24, 2.45) is 0 Å². The van der Waals surface area contributed by atoms with Crippen molar-refractivity contribution in [3.8, 4) is 28.4 Å². The Morgan fingerprint density at radius 3 is 2.84 bits per heavy atom. The first-order valence-electron chi connectivity index (χ1n) is 9.67. The Bertz CT molecular complexity index is 1280. The lowest BCUT2D eigenvalue weighted by atomic mass is 9.99. The van der Waals surface area contributed by atoms with E-state index < -0.39 is 0 Å².